The minimum absolute atomic E-state index is 0.393. The first-order valence-corrected chi connectivity index (χ1v) is 9.76. The molecular formula is C19H17ClN4OS. The standard InChI is InChI=1S/C19H17ClN4OS/c1-2-11-26-19-22-18-16(23-24-19)14-5-3-4-6-15(14)21-17(25-18)12-7-9-13(20)10-8-12/h3-10,17,21H,2,11H2,1H3/t17-/m1/s1. The molecule has 0 fully saturated rings. The van der Waals surface area contributed by atoms with Crippen molar-refractivity contribution < 1.29 is 4.74 Å². The van der Waals surface area contributed by atoms with E-state index in [1.165, 1.54) is 0 Å². The molecule has 0 spiro atoms. The van der Waals surface area contributed by atoms with Gasteiger partial charge in [-0.3, -0.25) is 0 Å². The molecule has 5 nitrogen and oxygen atoms in total. The SMILES string of the molecule is CCCSc1nnc2c(n1)O[C@H](c1ccc(Cl)cc1)Nc1ccccc1-2. The highest BCUT2D eigenvalue weighted by atomic mass is 35.5. The topological polar surface area (TPSA) is 59.9 Å². The summed E-state index contributed by atoms with van der Waals surface area (Å²) < 4.78 is 6.20. The summed E-state index contributed by atoms with van der Waals surface area (Å²) in [6.07, 6.45) is 0.652. The summed E-state index contributed by atoms with van der Waals surface area (Å²) in [5.74, 6) is 1.42. The third-order valence-electron chi connectivity index (χ3n) is 3.94. The Kier molecular flexibility index (Phi) is 4.95. The van der Waals surface area contributed by atoms with Gasteiger partial charge < -0.3 is 10.1 Å². The van der Waals surface area contributed by atoms with Crippen LogP contribution in [-0.4, -0.2) is 20.9 Å². The summed E-state index contributed by atoms with van der Waals surface area (Å²) in [5, 5.41) is 13.4. The lowest BCUT2D eigenvalue weighted by Crippen LogP contribution is -2.17. The molecule has 1 atom stereocenters. The second kappa shape index (κ2) is 7.51. The first kappa shape index (κ1) is 17.1. The zero-order valence-electron chi connectivity index (χ0n) is 14.1. The van der Waals surface area contributed by atoms with Crippen LogP contribution in [0.5, 0.6) is 5.88 Å². The van der Waals surface area contributed by atoms with Gasteiger partial charge in [0.15, 0.2) is 11.9 Å². The summed E-state index contributed by atoms with van der Waals surface area (Å²) in [6, 6.07) is 15.5. The van der Waals surface area contributed by atoms with Crippen LogP contribution < -0.4 is 10.1 Å². The second-order valence-electron chi connectivity index (χ2n) is 5.84. The molecule has 0 bridgehead atoms. The van der Waals surface area contributed by atoms with Gasteiger partial charge in [-0.25, -0.2) is 0 Å². The minimum atomic E-state index is -0.393. The van der Waals surface area contributed by atoms with E-state index in [0.29, 0.717) is 21.8 Å². The van der Waals surface area contributed by atoms with Gasteiger partial charge in [0.05, 0.1) is 0 Å². The highest BCUT2D eigenvalue weighted by Crippen LogP contribution is 2.39. The van der Waals surface area contributed by atoms with E-state index in [0.717, 1.165) is 29.0 Å². The molecule has 0 radical (unpaired) electrons. The van der Waals surface area contributed by atoms with E-state index < -0.39 is 6.23 Å². The number of aromatic nitrogens is 3. The fourth-order valence-corrected chi connectivity index (χ4v) is 3.45. The molecule has 2 heterocycles. The van der Waals surface area contributed by atoms with Crippen LogP contribution in [-0.2, 0) is 0 Å². The Hall–Kier alpha value is -2.31. The quantitative estimate of drug-likeness (QED) is 0.624. The number of rotatable bonds is 4. The van der Waals surface area contributed by atoms with Crippen molar-refractivity contribution in [2.45, 2.75) is 24.7 Å². The number of para-hydroxylation sites is 1. The zero-order chi connectivity index (χ0) is 17.9. The number of thioether (sulfide) groups is 1. The number of anilines is 1. The van der Waals surface area contributed by atoms with E-state index >= 15 is 0 Å². The third-order valence-corrected chi connectivity index (χ3v) is 5.24. The number of hydrogen-bond acceptors (Lipinski definition) is 6. The molecule has 26 heavy (non-hydrogen) atoms. The Labute approximate surface area is 161 Å². The monoisotopic (exact) mass is 384 g/mol. The van der Waals surface area contributed by atoms with Crippen molar-refractivity contribution in [3.05, 3.63) is 59.1 Å². The fourth-order valence-electron chi connectivity index (χ4n) is 2.69. The van der Waals surface area contributed by atoms with Crippen LogP contribution in [0.2, 0.25) is 5.02 Å². The van der Waals surface area contributed by atoms with Crippen LogP contribution in [0.25, 0.3) is 11.3 Å². The lowest BCUT2D eigenvalue weighted by molar-refractivity contribution is 0.225. The van der Waals surface area contributed by atoms with Crippen molar-refractivity contribution in [3.8, 4) is 17.1 Å². The first-order valence-electron chi connectivity index (χ1n) is 8.40. The summed E-state index contributed by atoms with van der Waals surface area (Å²) in [6.45, 7) is 2.12. The molecule has 1 aliphatic heterocycles. The highest BCUT2D eigenvalue weighted by Gasteiger charge is 2.25. The van der Waals surface area contributed by atoms with Gasteiger partial charge in [-0.15, -0.1) is 10.2 Å². The van der Waals surface area contributed by atoms with Gasteiger partial charge in [-0.05, 0) is 24.6 Å². The van der Waals surface area contributed by atoms with Gasteiger partial charge in [0, 0.05) is 27.6 Å². The predicted octanol–water partition coefficient (Wildman–Crippen LogP) is 5.20. The summed E-state index contributed by atoms with van der Waals surface area (Å²) in [4.78, 5) is 4.60. The van der Waals surface area contributed by atoms with Crippen molar-refractivity contribution in [3.63, 3.8) is 0 Å². The number of nitrogens with one attached hydrogen (secondary N) is 1. The first-order chi connectivity index (χ1) is 12.7. The maximum Gasteiger partial charge on any atom is 0.247 e. The largest absolute Gasteiger partial charge is 0.448 e. The number of fused-ring (bicyclic) bond motifs is 3. The summed E-state index contributed by atoms with van der Waals surface area (Å²) >= 11 is 7.60. The van der Waals surface area contributed by atoms with Crippen LogP contribution >= 0.6 is 23.4 Å². The number of halogens is 1. The van der Waals surface area contributed by atoms with Gasteiger partial charge in [-0.2, -0.15) is 4.98 Å². The van der Waals surface area contributed by atoms with Crippen molar-refractivity contribution >= 4 is 29.1 Å². The Bertz CT molecular complexity index is 920. The smallest absolute Gasteiger partial charge is 0.247 e. The molecule has 1 N–H and O–H groups in total. The molecule has 0 aliphatic carbocycles. The Morgan fingerprint density at radius 2 is 1.92 bits per heavy atom. The summed E-state index contributed by atoms with van der Waals surface area (Å²) in [7, 11) is 0. The third kappa shape index (κ3) is 3.48. The Morgan fingerprint density at radius 1 is 1.12 bits per heavy atom. The van der Waals surface area contributed by atoms with Crippen LogP contribution in [0.4, 0.5) is 5.69 Å². The molecular weight excluding hydrogens is 368 g/mol. The molecule has 1 aromatic heterocycles. The van der Waals surface area contributed by atoms with Crippen LogP contribution in [0.1, 0.15) is 25.1 Å². The van der Waals surface area contributed by atoms with Gasteiger partial charge in [-0.1, -0.05) is 60.6 Å². The van der Waals surface area contributed by atoms with E-state index in [1.54, 1.807) is 11.8 Å². The maximum atomic E-state index is 6.20. The molecule has 2 aromatic carbocycles. The molecule has 0 saturated carbocycles. The van der Waals surface area contributed by atoms with Crippen molar-refractivity contribution in [2.75, 3.05) is 11.1 Å². The maximum absolute atomic E-state index is 6.20. The molecule has 0 saturated heterocycles. The number of ether oxygens (including phenoxy) is 1. The molecule has 132 valence electrons. The average Bonchev–Trinajstić information content (AvgIpc) is 2.83. The van der Waals surface area contributed by atoms with Gasteiger partial charge in [0.25, 0.3) is 0 Å². The molecule has 0 amide bonds. The van der Waals surface area contributed by atoms with Crippen molar-refractivity contribution in [2.24, 2.45) is 0 Å². The lowest BCUT2D eigenvalue weighted by atomic mass is 10.1. The second-order valence-corrected chi connectivity index (χ2v) is 7.33. The average molecular weight is 385 g/mol. The molecule has 7 heteroatoms. The fraction of sp³-hybridized carbons (Fsp3) is 0.211. The predicted molar refractivity (Wildman–Crippen MR) is 105 cm³/mol. The zero-order valence-corrected chi connectivity index (χ0v) is 15.7. The van der Waals surface area contributed by atoms with E-state index in [4.69, 9.17) is 16.3 Å². The highest BCUT2D eigenvalue weighted by molar-refractivity contribution is 7.99. The molecule has 4 rings (SSSR count). The van der Waals surface area contributed by atoms with Crippen LogP contribution in [0.15, 0.2) is 53.7 Å². The number of benzene rings is 2. The van der Waals surface area contributed by atoms with E-state index in [2.05, 4.69) is 27.4 Å². The van der Waals surface area contributed by atoms with Gasteiger partial charge >= 0.3 is 0 Å². The van der Waals surface area contributed by atoms with Crippen molar-refractivity contribution in [1.82, 2.24) is 15.2 Å². The lowest BCUT2D eigenvalue weighted by Gasteiger charge is -2.19. The van der Waals surface area contributed by atoms with Gasteiger partial charge in [0.1, 0.15) is 0 Å². The minimum Gasteiger partial charge on any atom is -0.448 e. The Morgan fingerprint density at radius 3 is 2.73 bits per heavy atom. The molecule has 3 aromatic rings. The Balaban J connectivity index is 1.78. The number of hydrogen-bond donors (Lipinski definition) is 1. The molecule has 0 unspecified atom stereocenters. The van der Waals surface area contributed by atoms with E-state index in [9.17, 15) is 0 Å². The number of nitrogens with zero attached hydrogens (tertiary/aromatic N) is 3. The van der Waals surface area contributed by atoms with Crippen molar-refractivity contribution in [1.29, 1.82) is 0 Å². The van der Waals surface area contributed by atoms with E-state index in [-0.39, 0.29) is 0 Å². The summed E-state index contributed by atoms with van der Waals surface area (Å²) in [5.41, 5.74) is 3.45. The van der Waals surface area contributed by atoms with Crippen LogP contribution in [0.3, 0.4) is 0 Å². The normalized spacial score (nSPS) is 15.2. The van der Waals surface area contributed by atoms with Gasteiger partial charge in [0.2, 0.25) is 11.0 Å². The molecule has 1 aliphatic rings. The van der Waals surface area contributed by atoms with E-state index in [1.807, 2.05) is 48.5 Å². The van der Waals surface area contributed by atoms with Crippen LogP contribution in [0, 0.1) is 0 Å².